The van der Waals surface area contributed by atoms with Crippen LogP contribution in [0.4, 0.5) is 5.69 Å². The van der Waals surface area contributed by atoms with Crippen LogP contribution in [0.25, 0.3) is 0 Å². The molecule has 0 amide bonds. The summed E-state index contributed by atoms with van der Waals surface area (Å²) in [5, 5.41) is 10.4. The van der Waals surface area contributed by atoms with E-state index in [0.29, 0.717) is 16.6 Å². The van der Waals surface area contributed by atoms with E-state index < -0.39 is 6.10 Å². The van der Waals surface area contributed by atoms with Crippen LogP contribution in [0.15, 0.2) is 18.2 Å². The molecule has 0 saturated heterocycles. The molecule has 1 unspecified atom stereocenters. The van der Waals surface area contributed by atoms with Gasteiger partial charge < -0.3 is 10.8 Å². The molecular formula is C10H12ClNO. The molecule has 13 heavy (non-hydrogen) atoms. The lowest BCUT2D eigenvalue weighted by Crippen LogP contribution is -2.04. The summed E-state index contributed by atoms with van der Waals surface area (Å²) in [7, 11) is 0. The molecule has 1 fully saturated rings. The maximum absolute atomic E-state index is 9.83. The molecule has 2 rings (SSSR count). The molecule has 0 aliphatic heterocycles. The van der Waals surface area contributed by atoms with Gasteiger partial charge in [0.1, 0.15) is 0 Å². The van der Waals surface area contributed by atoms with Gasteiger partial charge in [-0.1, -0.05) is 23.7 Å². The van der Waals surface area contributed by atoms with Gasteiger partial charge in [0.05, 0.1) is 16.8 Å². The predicted octanol–water partition coefficient (Wildman–Crippen LogP) is 2.37. The molecule has 0 radical (unpaired) electrons. The molecule has 1 saturated carbocycles. The third-order valence-electron chi connectivity index (χ3n) is 2.47. The van der Waals surface area contributed by atoms with Gasteiger partial charge in [0.15, 0.2) is 0 Å². The van der Waals surface area contributed by atoms with E-state index in [0.717, 1.165) is 18.4 Å². The molecule has 0 spiro atoms. The maximum Gasteiger partial charge on any atom is 0.0838 e. The van der Waals surface area contributed by atoms with Gasteiger partial charge in [-0.25, -0.2) is 0 Å². The third kappa shape index (κ3) is 1.64. The molecule has 0 bridgehead atoms. The van der Waals surface area contributed by atoms with Crippen molar-refractivity contribution >= 4 is 17.3 Å². The summed E-state index contributed by atoms with van der Waals surface area (Å²) in [6.45, 7) is 0. The highest BCUT2D eigenvalue weighted by atomic mass is 35.5. The van der Waals surface area contributed by atoms with Crippen molar-refractivity contribution in [1.82, 2.24) is 0 Å². The quantitative estimate of drug-likeness (QED) is 0.716. The Kier molecular flexibility index (Phi) is 2.18. The lowest BCUT2D eigenvalue weighted by molar-refractivity contribution is 0.154. The molecule has 3 heteroatoms. The molecule has 0 heterocycles. The molecule has 1 aromatic rings. The number of nitrogen functional groups attached to an aromatic ring is 1. The largest absolute Gasteiger partial charge is 0.397 e. The fourth-order valence-corrected chi connectivity index (χ4v) is 1.66. The van der Waals surface area contributed by atoms with Gasteiger partial charge >= 0.3 is 0 Å². The Bertz CT molecular complexity index is 323. The van der Waals surface area contributed by atoms with E-state index in [1.54, 1.807) is 6.07 Å². The first-order chi connectivity index (χ1) is 6.20. The number of benzene rings is 1. The Balaban J connectivity index is 2.32. The standard InChI is InChI=1S/C10H12ClNO/c11-8-3-1-2-7(9(8)12)10(13)6-4-5-6/h1-3,6,10,13H,4-5,12H2. The average Bonchev–Trinajstić information content (AvgIpc) is 2.91. The first kappa shape index (κ1) is 8.85. The molecule has 1 aliphatic rings. The van der Waals surface area contributed by atoms with E-state index in [1.807, 2.05) is 12.1 Å². The van der Waals surface area contributed by atoms with Crippen molar-refractivity contribution in [1.29, 1.82) is 0 Å². The minimum absolute atomic E-state index is 0.390. The molecule has 3 N–H and O–H groups in total. The summed E-state index contributed by atoms with van der Waals surface area (Å²) < 4.78 is 0. The normalized spacial score (nSPS) is 18.6. The molecule has 1 atom stereocenters. The van der Waals surface area contributed by atoms with E-state index in [-0.39, 0.29) is 0 Å². The summed E-state index contributed by atoms with van der Waals surface area (Å²) in [5.74, 6) is 0.390. The number of hydrogen-bond acceptors (Lipinski definition) is 2. The van der Waals surface area contributed by atoms with E-state index in [4.69, 9.17) is 17.3 Å². The van der Waals surface area contributed by atoms with Crippen LogP contribution in [-0.4, -0.2) is 5.11 Å². The number of hydrogen-bond donors (Lipinski definition) is 2. The Morgan fingerprint density at radius 2 is 2.15 bits per heavy atom. The zero-order chi connectivity index (χ0) is 9.42. The lowest BCUT2D eigenvalue weighted by atomic mass is 10.0. The summed E-state index contributed by atoms with van der Waals surface area (Å²) in [5.41, 5.74) is 7.05. The minimum Gasteiger partial charge on any atom is -0.397 e. The van der Waals surface area contributed by atoms with Crippen LogP contribution in [0.1, 0.15) is 24.5 Å². The number of aliphatic hydroxyl groups is 1. The van der Waals surface area contributed by atoms with Gasteiger partial charge in [0.25, 0.3) is 0 Å². The van der Waals surface area contributed by atoms with Gasteiger partial charge in [0.2, 0.25) is 0 Å². The highest BCUT2D eigenvalue weighted by molar-refractivity contribution is 6.33. The van der Waals surface area contributed by atoms with Crippen molar-refractivity contribution in [3.8, 4) is 0 Å². The summed E-state index contributed by atoms with van der Waals surface area (Å²) in [6, 6.07) is 5.39. The van der Waals surface area contributed by atoms with Gasteiger partial charge in [-0.15, -0.1) is 0 Å². The minimum atomic E-state index is -0.432. The molecule has 0 aromatic heterocycles. The highest BCUT2D eigenvalue weighted by Crippen LogP contribution is 2.43. The van der Waals surface area contributed by atoms with Crippen LogP contribution in [0, 0.1) is 5.92 Å². The summed E-state index contributed by atoms with van der Waals surface area (Å²) in [4.78, 5) is 0. The molecular weight excluding hydrogens is 186 g/mol. The predicted molar refractivity (Wildman–Crippen MR) is 53.5 cm³/mol. The number of nitrogens with two attached hydrogens (primary N) is 1. The van der Waals surface area contributed by atoms with Crippen LogP contribution in [0.3, 0.4) is 0 Å². The fraction of sp³-hybridized carbons (Fsp3) is 0.400. The van der Waals surface area contributed by atoms with E-state index in [1.165, 1.54) is 0 Å². The van der Waals surface area contributed by atoms with Crippen molar-refractivity contribution in [2.45, 2.75) is 18.9 Å². The number of aliphatic hydroxyl groups excluding tert-OH is 1. The van der Waals surface area contributed by atoms with Crippen LogP contribution >= 0.6 is 11.6 Å². The van der Waals surface area contributed by atoms with E-state index in [2.05, 4.69) is 0 Å². The van der Waals surface area contributed by atoms with Crippen LogP contribution in [0.5, 0.6) is 0 Å². The Labute approximate surface area is 82.3 Å². The smallest absolute Gasteiger partial charge is 0.0838 e. The van der Waals surface area contributed by atoms with Crippen molar-refractivity contribution < 1.29 is 5.11 Å². The SMILES string of the molecule is Nc1c(Cl)cccc1C(O)C1CC1. The molecule has 2 nitrogen and oxygen atoms in total. The maximum atomic E-state index is 9.83. The average molecular weight is 198 g/mol. The molecule has 1 aliphatic carbocycles. The second-order valence-corrected chi connectivity index (χ2v) is 3.93. The number of para-hydroxylation sites is 1. The monoisotopic (exact) mass is 197 g/mol. The Morgan fingerprint density at radius 1 is 1.46 bits per heavy atom. The summed E-state index contributed by atoms with van der Waals surface area (Å²) >= 11 is 5.85. The van der Waals surface area contributed by atoms with Gasteiger partial charge in [-0.3, -0.25) is 0 Å². The second kappa shape index (κ2) is 3.20. The number of halogens is 1. The van der Waals surface area contributed by atoms with Crippen molar-refractivity contribution in [3.05, 3.63) is 28.8 Å². The van der Waals surface area contributed by atoms with Crippen molar-refractivity contribution in [2.24, 2.45) is 5.92 Å². The van der Waals surface area contributed by atoms with E-state index in [9.17, 15) is 5.11 Å². The zero-order valence-electron chi connectivity index (χ0n) is 7.20. The molecule has 1 aromatic carbocycles. The Morgan fingerprint density at radius 3 is 2.77 bits per heavy atom. The van der Waals surface area contributed by atoms with Crippen LogP contribution in [-0.2, 0) is 0 Å². The Hall–Kier alpha value is -0.730. The molecule has 70 valence electrons. The third-order valence-corrected chi connectivity index (χ3v) is 2.80. The van der Waals surface area contributed by atoms with Gasteiger partial charge in [0, 0.05) is 5.56 Å². The van der Waals surface area contributed by atoms with Crippen LogP contribution < -0.4 is 5.73 Å². The fourth-order valence-electron chi connectivity index (χ4n) is 1.48. The first-order valence-electron chi connectivity index (χ1n) is 4.42. The second-order valence-electron chi connectivity index (χ2n) is 3.53. The first-order valence-corrected chi connectivity index (χ1v) is 4.80. The highest BCUT2D eigenvalue weighted by Gasteiger charge is 2.31. The zero-order valence-corrected chi connectivity index (χ0v) is 7.96. The number of anilines is 1. The van der Waals surface area contributed by atoms with Gasteiger partial charge in [-0.05, 0) is 24.8 Å². The van der Waals surface area contributed by atoms with Gasteiger partial charge in [-0.2, -0.15) is 0 Å². The van der Waals surface area contributed by atoms with Crippen molar-refractivity contribution in [2.75, 3.05) is 5.73 Å². The van der Waals surface area contributed by atoms with Crippen LogP contribution in [0.2, 0.25) is 5.02 Å². The summed E-state index contributed by atoms with van der Waals surface area (Å²) in [6.07, 6.45) is 1.75. The van der Waals surface area contributed by atoms with Crippen molar-refractivity contribution in [3.63, 3.8) is 0 Å². The van der Waals surface area contributed by atoms with E-state index >= 15 is 0 Å². The topological polar surface area (TPSA) is 46.2 Å². The number of rotatable bonds is 2. The lowest BCUT2D eigenvalue weighted by Gasteiger charge is -2.12.